The Kier molecular flexibility index (Phi) is 5.37. The molecule has 24 heavy (non-hydrogen) atoms. The second-order valence-corrected chi connectivity index (χ2v) is 6.42. The van der Waals surface area contributed by atoms with Crippen molar-refractivity contribution in [2.45, 2.75) is 25.3 Å². The van der Waals surface area contributed by atoms with Crippen molar-refractivity contribution in [1.29, 1.82) is 0 Å². The van der Waals surface area contributed by atoms with Crippen LogP contribution in [-0.4, -0.2) is 45.6 Å². The first-order valence-electron chi connectivity index (χ1n) is 7.96. The van der Waals surface area contributed by atoms with Crippen molar-refractivity contribution in [1.82, 2.24) is 14.9 Å². The molecule has 0 radical (unpaired) electrons. The van der Waals surface area contributed by atoms with Gasteiger partial charge < -0.3 is 14.8 Å². The molecule has 0 saturated carbocycles. The summed E-state index contributed by atoms with van der Waals surface area (Å²) in [5.41, 5.74) is 0.906. The summed E-state index contributed by atoms with van der Waals surface area (Å²) in [5.74, 6) is 0.984. The topological polar surface area (TPSA) is 78.5 Å². The average Bonchev–Trinajstić information content (AvgIpc) is 3.09. The Hall–Kier alpha value is -2.05. The van der Waals surface area contributed by atoms with Crippen molar-refractivity contribution in [3.8, 4) is 5.75 Å². The molecule has 1 atom stereocenters. The molecule has 128 valence electrons. The standard InChI is InChI=1S/C17H20ClN3O3/c18-14-3-4-15(24-11-16(22)23)13(8-14)10-21-7-1-2-12(9-21)17-19-5-6-20-17/h3-6,8,12H,1-2,7,9-11H2,(H,19,20)(H,22,23)/t12-/m1/s1. The molecule has 0 bridgehead atoms. The molecule has 0 amide bonds. The van der Waals surface area contributed by atoms with Gasteiger partial charge in [0.15, 0.2) is 6.61 Å². The number of nitrogens with zero attached hydrogens (tertiary/aromatic N) is 2. The highest BCUT2D eigenvalue weighted by molar-refractivity contribution is 6.30. The first-order chi connectivity index (χ1) is 11.6. The molecule has 1 fully saturated rings. The lowest BCUT2D eigenvalue weighted by Crippen LogP contribution is -2.34. The third-order valence-corrected chi connectivity index (χ3v) is 4.41. The van der Waals surface area contributed by atoms with Gasteiger partial charge in [-0.2, -0.15) is 0 Å². The summed E-state index contributed by atoms with van der Waals surface area (Å²) in [6.45, 7) is 2.21. The number of aromatic amines is 1. The highest BCUT2D eigenvalue weighted by atomic mass is 35.5. The number of carbonyl (C=O) groups is 1. The van der Waals surface area contributed by atoms with Crippen LogP contribution in [0.2, 0.25) is 5.02 Å². The van der Waals surface area contributed by atoms with E-state index >= 15 is 0 Å². The molecule has 2 aromatic rings. The first kappa shape index (κ1) is 16.8. The fourth-order valence-electron chi connectivity index (χ4n) is 3.12. The maximum Gasteiger partial charge on any atom is 0.341 e. The van der Waals surface area contributed by atoms with Crippen molar-refractivity contribution >= 4 is 17.6 Å². The third kappa shape index (κ3) is 4.27. The highest BCUT2D eigenvalue weighted by Crippen LogP contribution is 2.29. The van der Waals surface area contributed by atoms with Gasteiger partial charge in [-0.3, -0.25) is 4.90 Å². The summed E-state index contributed by atoms with van der Waals surface area (Å²) < 4.78 is 5.39. The Labute approximate surface area is 145 Å². The monoisotopic (exact) mass is 349 g/mol. The lowest BCUT2D eigenvalue weighted by molar-refractivity contribution is -0.139. The number of carboxylic acids is 1. The second-order valence-electron chi connectivity index (χ2n) is 5.98. The van der Waals surface area contributed by atoms with Gasteiger partial charge in [-0.1, -0.05) is 11.6 Å². The Morgan fingerprint density at radius 3 is 3.12 bits per heavy atom. The van der Waals surface area contributed by atoms with E-state index in [1.165, 1.54) is 0 Å². The molecule has 7 heteroatoms. The lowest BCUT2D eigenvalue weighted by atomic mass is 9.97. The van der Waals surface area contributed by atoms with Gasteiger partial charge in [-0.25, -0.2) is 9.78 Å². The molecule has 1 aliphatic heterocycles. The number of rotatable bonds is 6. The number of aliphatic carboxylic acids is 1. The van der Waals surface area contributed by atoms with Gasteiger partial charge >= 0.3 is 5.97 Å². The van der Waals surface area contributed by atoms with E-state index in [9.17, 15) is 4.79 Å². The SMILES string of the molecule is O=C(O)COc1ccc(Cl)cc1CN1CCC[C@@H](c2ncc[nH]2)C1. The predicted molar refractivity (Wildman–Crippen MR) is 90.4 cm³/mol. The van der Waals surface area contributed by atoms with Crippen molar-refractivity contribution in [2.75, 3.05) is 19.7 Å². The van der Waals surface area contributed by atoms with Gasteiger partial charge in [0.2, 0.25) is 0 Å². The Bertz CT molecular complexity index is 690. The minimum atomic E-state index is -0.994. The third-order valence-electron chi connectivity index (χ3n) is 4.18. The normalized spacial score (nSPS) is 18.5. The summed E-state index contributed by atoms with van der Waals surface area (Å²) in [4.78, 5) is 20.6. The molecule has 1 aromatic carbocycles. The van der Waals surface area contributed by atoms with Crippen LogP contribution in [0.1, 0.15) is 30.1 Å². The number of hydrogen-bond acceptors (Lipinski definition) is 4. The fraction of sp³-hybridized carbons (Fsp3) is 0.412. The average molecular weight is 350 g/mol. The predicted octanol–water partition coefficient (Wildman–Crippen LogP) is 2.91. The molecule has 6 nitrogen and oxygen atoms in total. The van der Waals surface area contributed by atoms with E-state index < -0.39 is 5.97 Å². The van der Waals surface area contributed by atoms with Gasteiger partial charge in [0, 0.05) is 42.0 Å². The molecule has 0 spiro atoms. The zero-order chi connectivity index (χ0) is 16.9. The van der Waals surface area contributed by atoms with Gasteiger partial charge in [0.1, 0.15) is 11.6 Å². The van der Waals surface area contributed by atoms with Gasteiger partial charge in [0.05, 0.1) is 0 Å². The largest absolute Gasteiger partial charge is 0.482 e. The minimum absolute atomic E-state index is 0.357. The molecule has 1 aliphatic rings. The lowest BCUT2D eigenvalue weighted by Gasteiger charge is -2.32. The zero-order valence-corrected chi connectivity index (χ0v) is 14.0. The number of ether oxygens (including phenoxy) is 1. The molecular weight excluding hydrogens is 330 g/mol. The fourth-order valence-corrected chi connectivity index (χ4v) is 3.31. The number of hydrogen-bond donors (Lipinski definition) is 2. The van der Waals surface area contributed by atoms with E-state index in [2.05, 4.69) is 14.9 Å². The van der Waals surface area contributed by atoms with E-state index in [-0.39, 0.29) is 6.61 Å². The summed E-state index contributed by atoms with van der Waals surface area (Å²) in [6.07, 6.45) is 5.84. The van der Waals surface area contributed by atoms with Crippen molar-refractivity contribution in [3.63, 3.8) is 0 Å². The Morgan fingerprint density at radius 1 is 1.50 bits per heavy atom. The van der Waals surface area contributed by atoms with Crippen LogP contribution in [0.25, 0.3) is 0 Å². The number of carboxylic acid groups (broad SMARTS) is 1. The molecule has 2 heterocycles. The molecule has 3 rings (SSSR count). The van der Waals surface area contributed by atoms with Crippen LogP contribution in [0.15, 0.2) is 30.6 Å². The summed E-state index contributed by atoms with van der Waals surface area (Å²) in [5, 5.41) is 9.43. The smallest absolute Gasteiger partial charge is 0.341 e. The maximum absolute atomic E-state index is 10.7. The van der Waals surface area contributed by atoms with E-state index in [4.69, 9.17) is 21.4 Å². The van der Waals surface area contributed by atoms with E-state index in [1.807, 2.05) is 12.3 Å². The first-order valence-corrected chi connectivity index (χ1v) is 8.34. The van der Waals surface area contributed by atoms with E-state index in [0.717, 1.165) is 37.3 Å². The van der Waals surface area contributed by atoms with Crippen LogP contribution in [0, 0.1) is 0 Å². The van der Waals surface area contributed by atoms with Gasteiger partial charge in [0.25, 0.3) is 0 Å². The number of benzene rings is 1. The molecule has 1 aromatic heterocycles. The molecular formula is C17H20ClN3O3. The molecule has 1 saturated heterocycles. The number of nitrogens with one attached hydrogen (secondary N) is 1. The maximum atomic E-state index is 10.7. The number of piperidine rings is 1. The van der Waals surface area contributed by atoms with Crippen LogP contribution in [-0.2, 0) is 11.3 Å². The van der Waals surface area contributed by atoms with Crippen LogP contribution >= 0.6 is 11.6 Å². The van der Waals surface area contributed by atoms with Gasteiger partial charge in [-0.15, -0.1) is 0 Å². The van der Waals surface area contributed by atoms with E-state index in [0.29, 0.717) is 23.2 Å². The molecule has 0 unspecified atom stereocenters. The number of halogens is 1. The summed E-state index contributed by atoms with van der Waals surface area (Å²) >= 11 is 6.10. The minimum Gasteiger partial charge on any atom is -0.482 e. The number of imidazole rings is 1. The van der Waals surface area contributed by atoms with Crippen molar-refractivity contribution < 1.29 is 14.6 Å². The van der Waals surface area contributed by atoms with Crippen LogP contribution in [0.3, 0.4) is 0 Å². The Morgan fingerprint density at radius 2 is 2.38 bits per heavy atom. The number of H-pyrrole nitrogens is 1. The number of aromatic nitrogens is 2. The van der Waals surface area contributed by atoms with Crippen LogP contribution < -0.4 is 4.74 Å². The number of likely N-dealkylation sites (tertiary alicyclic amines) is 1. The van der Waals surface area contributed by atoms with Crippen LogP contribution in [0.5, 0.6) is 5.75 Å². The summed E-state index contributed by atoms with van der Waals surface area (Å²) in [6, 6.07) is 5.29. The van der Waals surface area contributed by atoms with Crippen molar-refractivity contribution in [2.24, 2.45) is 0 Å². The Balaban J connectivity index is 1.70. The summed E-state index contributed by atoms with van der Waals surface area (Å²) in [7, 11) is 0. The van der Waals surface area contributed by atoms with Gasteiger partial charge in [-0.05, 0) is 37.6 Å². The van der Waals surface area contributed by atoms with Crippen LogP contribution in [0.4, 0.5) is 0 Å². The second kappa shape index (κ2) is 7.68. The zero-order valence-electron chi connectivity index (χ0n) is 13.2. The highest BCUT2D eigenvalue weighted by Gasteiger charge is 2.23. The van der Waals surface area contributed by atoms with E-state index in [1.54, 1.807) is 18.3 Å². The quantitative estimate of drug-likeness (QED) is 0.838. The van der Waals surface area contributed by atoms with Crippen molar-refractivity contribution in [3.05, 3.63) is 47.0 Å². The molecule has 2 N–H and O–H groups in total. The molecule has 0 aliphatic carbocycles.